The minimum absolute atomic E-state index is 0.0198. The van der Waals surface area contributed by atoms with Gasteiger partial charge in [0.15, 0.2) is 5.57 Å². The summed E-state index contributed by atoms with van der Waals surface area (Å²) in [6.45, 7) is 5.21. The third kappa shape index (κ3) is 7.07. The molecule has 178 valence electrons. The van der Waals surface area contributed by atoms with Crippen LogP contribution in [0.3, 0.4) is 0 Å². The minimum Gasteiger partial charge on any atom is -0.360 e. The SMILES string of the molecule is C#CCNC(=O)C(C#N)=c1sc(=CNc2cccc(NC(=O)CN(C)CCC)c2)c(=O)n1CC. The summed E-state index contributed by atoms with van der Waals surface area (Å²) in [5, 5.41) is 17.9. The Hall–Kier alpha value is -3.86. The molecule has 0 aliphatic rings. The molecule has 0 atom stereocenters. The van der Waals surface area contributed by atoms with E-state index in [9.17, 15) is 19.6 Å². The molecular formula is C24H28N6O3S. The van der Waals surface area contributed by atoms with E-state index < -0.39 is 5.91 Å². The Bertz CT molecular complexity index is 1300. The molecule has 0 aliphatic heterocycles. The zero-order chi connectivity index (χ0) is 25.1. The molecule has 0 fully saturated rings. The van der Waals surface area contributed by atoms with E-state index in [0.29, 0.717) is 29.0 Å². The smallest absolute Gasteiger partial charge is 0.270 e. The third-order valence-electron chi connectivity index (χ3n) is 4.66. The van der Waals surface area contributed by atoms with Crippen molar-refractivity contribution >= 4 is 46.3 Å². The summed E-state index contributed by atoms with van der Waals surface area (Å²) in [6.07, 6.45) is 7.64. The molecule has 3 N–H and O–H groups in total. The van der Waals surface area contributed by atoms with Crippen molar-refractivity contribution in [3.63, 3.8) is 0 Å². The van der Waals surface area contributed by atoms with Crippen molar-refractivity contribution in [2.24, 2.45) is 0 Å². The molecule has 0 saturated heterocycles. The first-order chi connectivity index (χ1) is 16.3. The molecule has 0 spiro atoms. The Morgan fingerprint density at radius 3 is 2.68 bits per heavy atom. The second-order valence-electron chi connectivity index (χ2n) is 7.35. The lowest BCUT2D eigenvalue weighted by molar-refractivity contribution is -0.117. The summed E-state index contributed by atoms with van der Waals surface area (Å²) in [6, 6.07) is 8.97. The van der Waals surface area contributed by atoms with Crippen molar-refractivity contribution in [2.75, 3.05) is 37.3 Å². The van der Waals surface area contributed by atoms with Crippen LogP contribution in [0, 0.1) is 23.7 Å². The van der Waals surface area contributed by atoms with Gasteiger partial charge in [-0.25, -0.2) is 0 Å². The van der Waals surface area contributed by atoms with Crippen LogP contribution >= 0.6 is 11.3 Å². The molecule has 2 aromatic rings. The highest BCUT2D eigenvalue weighted by atomic mass is 32.1. The number of nitrogens with zero attached hydrogens (tertiary/aromatic N) is 3. The van der Waals surface area contributed by atoms with E-state index in [1.165, 1.54) is 10.8 Å². The average Bonchev–Trinajstić information content (AvgIpc) is 3.11. The van der Waals surface area contributed by atoms with E-state index in [2.05, 4.69) is 28.8 Å². The number of benzene rings is 1. The maximum absolute atomic E-state index is 12.8. The van der Waals surface area contributed by atoms with Crippen LogP contribution in [0.4, 0.5) is 11.4 Å². The Morgan fingerprint density at radius 2 is 2.03 bits per heavy atom. The van der Waals surface area contributed by atoms with Crippen LogP contribution < -0.4 is 30.7 Å². The fraction of sp³-hybridized carbons (Fsp3) is 0.333. The number of carbonyl (C=O) groups is 2. The molecule has 2 rings (SSSR count). The van der Waals surface area contributed by atoms with Crippen molar-refractivity contribution in [1.82, 2.24) is 14.8 Å². The summed E-state index contributed by atoms with van der Waals surface area (Å²) in [7, 11) is 1.89. The van der Waals surface area contributed by atoms with Crippen molar-refractivity contribution in [3.8, 4) is 18.4 Å². The predicted octanol–water partition coefficient (Wildman–Crippen LogP) is 0.484. The number of hydrogen-bond acceptors (Lipinski definition) is 7. The Morgan fingerprint density at radius 1 is 1.29 bits per heavy atom. The highest BCUT2D eigenvalue weighted by Crippen LogP contribution is 2.15. The second-order valence-corrected chi connectivity index (χ2v) is 8.38. The van der Waals surface area contributed by atoms with Crippen LogP contribution in [0.15, 0.2) is 29.1 Å². The highest BCUT2D eigenvalue weighted by molar-refractivity contribution is 7.07. The lowest BCUT2D eigenvalue weighted by Crippen LogP contribution is -2.34. The molecule has 0 saturated carbocycles. The Kier molecular flexibility index (Phi) is 10.1. The van der Waals surface area contributed by atoms with Gasteiger partial charge in [0.25, 0.3) is 11.5 Å². The zero-order valence-corrected chi connectivity index (χ0v) is 20.3. The highest BCUT2D eigenvalue weighted by Gasteiger charge is 2.14. The molecule has 2 amide bonds. The third-order valence-corrected chi connectivity index (χ3v) is 5.79. The van der Waals surface area contributed by atoms with Gasteiger partial charge in [0.1, 0.15) is 15.3 Å². The fourth-order valence-electron chi connectivity index (χ4n) is 3.15. The van der Waals surface area contributed by atoms with Crippen molar-refractivity contribution in [1.29, 1.82) is 5.26 Å². The lowest BCUT2D eigenvalue weighted by atomic mass is 10.2. The van der Waals surface area contributed by atoms with Gasteiger partial charge >= 0.3 is 0 Å². The van der Waals surface area contributed by atoms with Crippen LogP contribution in [0.1, 0.15) is 20.3 Å². The monoisotopic (exact) mass is 480 g/mol. The lowest BCUT2D eigenvalue weighted by Gasteiger charge is -2.15. The molecule has 0 unspecified atom stereocenters. The maximum atomic E-state index is 12.8. The molecule has 1 aromatic heterocycles. The number of nitriles is 1. The standard InChI is InChI=1S/C24H28N6O3S/c1-5-11-26-22(32)19(14-25)24-30(7-3)23(33)20(34-24)15-27-17-9-8-10-18(13-17)28-21(31)16-29(4)12-6-2/h1,8-10,13,15,27H,6-7,11-12,16H2,2-4H3,(H,26,32)(H,28,31). The number of hydrogen-bond donors (Lipinski definition) is 3. The predicted molar refractivity (Wildman–Crippen MR) is 135 cm³/mol. The largest absolute Gasteiger partial charge is 0.360 e. The van der Waals surface area contributed by atoms with Gasteiger partial charge in [0.05, 0.1) is 13.1 Å². The molecular weight excluding hydrogens is 452 g/mol. The van der Waals surface area contributed by atoms with E-state index >= 15 is 0 Å². The van der Waals surface area contributed by atoms with E-state index in [1.807, 2.05) is 18.0 Å². The first-order valence-electron chi connectivity index (χ1n) is 10.7. The molecule has 34 heavy (non-hydrogen) atoms. The van der Waals surface area contributed by atoms with E-state index in [4.69, 9.17) is 6.42 Å². The maximum Gasteiger partial charge on any atom is 0.270 e. The number of anilines is 2. The number of likely N-dealkylation sites (N-methyl/N-ethyl adjacent to an activating group) is 1. The molecule has 0 bridgehead atoms. The second kappa shape index (κ2) is 13.0. The van der Waals surface area contributed by atoms with Crippen LogP contribution in [-0.4, -0.2) is 48.0 Å². The summed E-state index contributed by atoms with van der Waals surface area (Å²) < 4.78 is 1.95. The number of aromatic nitrogens is 1. The number of amides is 2. The van der Waals surface area contributed by atoms with E-state index in [1.54, 1.807) is 31.2 Å². The van der Waals surface area contributed by atoms with Crippen molar-refractivity contribution in [3.05, 3.63) is 43.8 Å². The van der Waals surface area contributed by atoms with Crippen LogP contribution in [0.5, 0.6) is 0 Å². The molecule has 1 heterocycles. The van der Waals surface area contributed by atoms with Crippen LogP contribution in [-0.2, 0) is 16.1 Å². The topological polar surface area (TPSA) is 119 Å². The van der Waals surface area contributed by atoms with Crippen LogP contribution in [0.2, 0.25) is 0 Å². The molecule has 9 nitrogen and oxygen atoms in total. The molecule has 0 aliphatic carbocycles. The van der Waals surface area contributed by atoms with Gasteiger partial charge in [-0.3, -0.25) is 23.9 Å². The first-order valence-corrected chi connectivity index (χ1v) is 11.6. The van der Waals surface area contributed by atoms with Gasteiger partial charge in [-0.15, -0.1) is 17.8 Å². The minimum atomic E-state index is -0.628. The number of rotatable bonds is 10. The molecule has 1 aromatic carbocycles. The number of thiazole rings is 1. The van der Waals surface area contributed by atoms with E-state index in [0.717, 1.165) is 24.3 Å². The van der Waals surface area contributed by atoms with Gasteiger partial charge < -0.3 is 16.0 Å². The fourth-order valence-corrected chi connectivity index (χ4v) is 4.24. The Balaban J connectivity index is 2.31. The summed E-state index contributed by atoms with van der Waals surface area (Å²) >= 11 is 1.04. The van der Waals surface area contributed by atoms with Crippen LogP contribution in [0.25, 0.3) is 11.8 Å². The van der Waals surface area contributed by atoms with Gasteiger partial charge in [-0.05, 0) is 45.1 Å². The van der Waals surface area contributed by atoms with Gasteiger partial charge in [-0.2, -0.15) is 5.26 Å². The number of carbonyl (C=O) groups excluding carboxylic acids is 2. The average molecular weight is 481 g/mol. The van der Waals surface area contributed by atoms with E-state index in [-0.39, 0.29) is 28.2 Å². The zero-order valence-electron chi connectivity index (χ0n) is 19.5. The summed E-state index contributed by atoms with van der Waals surface area (Å²) in [5.41, 5.74) is 0.789. The summed E-state index contributed by atoms with van der Waals surface area (Å²) in [4.78, 5) is 39.3. The van der Waals surface area contributed by atoms with Gasteiger partial charge in [0.2, 0.25) is 5.91 Å². The normalized spacial score (nSPS) is 12.0. The number of terminal acetylenes is 1. The number of nitrogens with one attached hydrogen (secondary N) is 3. The molecule has 10 heteroatoms. The van der Waals surface area contributed by atoms with Crippen molar-refractivity contribution in [2.45, 2.75) is 26.8 Å². The van der Waals surface area contributed by atoms with Gasteiger partial charge in [-0.1, -0.05) is 18.9 Å². The molecule has 0 radical (unpaired) electrons. The van der Waals surface area contributed by atoms with Gasteiger partial charge in [0, 0.05) is 24.1 Å². The summed E-state index contributed by atoms with van der Waals surface area (Å²) in [5.74, 6) is 1.53. The Labute approximate surface area is 202 Å². The quantitative estimate of drug-likeness (QED) is 0.426. The first kappa shape index (κ1) is 26.4. The van der Waals surface area contributed by atoms with Crippen molar-refractivity contribution < 1.29 is 9.59 Å².